The second-order valence-corrected chi connectivity index (χ2v) is 10.8. The fraction of sp³-hybridized carbons (Fsp3) is 0.296. The highest BCUT2D eigenvalue weighted by Gasteiger charge is 2.37. The summed E-state index contributed by atoms with van der Waals surface area (Å²) in [6.07, 6.45) is 4.48. The van der Waals surface area contributed by atoms with E-state index in [0.717, 1.165) is 17.9 Å². The highest BCUT2D eigenvalue weighted by atomic mass is 32.2. The van der Waals surface area contributed by atoms with Gasteiger partial charge in [0.05, 0.1) is 24.3 Å². The van der Waals surface area contributed by atoms with Crippen LogP contribution in [0, 0.1) is 11.7 Å². The summed E-state index contributed by atoms with van der Waals surface area (Å²) in [5.74, 6) is 2.71. The molecule has 1 aliphatic heterocycles. The average molecular weight is 525 g/mol. The van der Waals surface area contributed by atoms with Gasteiger partial charge in [0, 0.05) is 18.9 Å². The highest BCUT2D eigenvalue weighted by molar-refractivity contribution is 8.26. The molecule has 0 bridgehead atoms. The molecule has 2 fully saturated rings. The van der Waals surface area contributed by atoms with E-state index in [1.54, 1.807) is 35.4 Å². The fourth-order valence-corrected chi connectivity index (χ4v) is 5.49. The molecule has 2 amide bonds. The fourth-order valence-electron chi connectivity index (χ4n) is 4.18. The first-order valence-electron chi connectivity index (χ1n) is 11.8. The van der Waals surface area contributed by atoms with Crippen LogP contribution in [-0.2, 0) is 22.7 Å². The SMILES string of the molecule is CC1CC1c1ccc(CN(Cc2ccco2)C(=O)CCN2C(=O)/C(=C/c3ccc(F)cc3)SC2=S)o1. The number of furan rings is 2. The van der Waals surface area contributed by atoms with Crippen LogP contribution in [0.3, 0.4) is 0 Å². The Labute approximate surface area is 218 Å². The van der Waals surface area contributed by atoms with Crippen molar-refractivity contribution in [1.29, 1.82) is 0 Å². The molecule has 3 aromatic rings. The molecule has 2 unspecified atom stereocenters. The van der Waals surface area contributed by atoms with Gasteiger partial charge < -0.3 is 13.7 Å². The van der Waals surface area contributed by atoms with Crippen LogP contribution >= 0.6 is 24.0 Å². The summed E-state index contributed by atoms with van der Waals surface area (Å²) in [7, 11) is 0. The van der Waals surface area contributed by atoms with Gasteiger partial charge in [0.1, 0.15) is 27.4 Å². The molecule has 2 atom stereocenters. The maximum absolute atomic E-state index is 13.3. The first kappa shape index (κ1) is 24.5. The minimum absolute atomic E-state index is 0.101. The molecule has 36 heavy (non-hydrogen) atoms. The highest BCUT2D eigenvalue weighted by Crippen LogP contribution is 2.47. The molecular formula is C27H25FN2O4S2. The first-order valence-corrected chi connectivity index (χ1v) is 13.0. The summed E-state index contributed by atoms with van der Waals surface area (Å²) < 4.78 is 25.1. The third kappa shape index (κ3) is 5.63. The normalized spacial score (nSPS) is 20.4. The number of rotatable bonds is 9. The Morgan fingerprint density at radius 3 is 2.64 bits per heavy atom. The molecule has 2 aliphatic rings. The van der Waals surface area contributed by atoms with Gasteiger partial charge in [-0.2, -0.15) is 0 Å². The lowest BCUT2D eigenvalue weighted by Gasteiger charge is -2.22. The van der Waals surface area contributed by atoms with Crippen molar-refractivity contribution in [2.45, 2.75) is 38.8 Å². The maximum Gasteiger partial charge on any atom is 0.266 e. The van der Waals surface area contributed by atoms with Crippen molar-refractivity contribution in [2.75, 3.05) is 6.54 Å². The number of hydrogen-bond acceptors (Lipinski definition) is 6. The molecule has 186 valence electrons. The lowest BCUT2D eigenvalue weighted by atomic mass is 10.2. The van der Waals surface area contributed by atoms with E-state index in [-0.39, 0.29) is 30.6 Å². The number of nitrogens with zero attached hydrogens (tertiary/aromatic N) is 2. The molecule has 3 heterocycles. The number of halogens is 1. The topological polar surface area (TPSA) is 66.9 Å². The van der Waals surface area contributed by atoms with Crippen molar-refractivity contribution in [3.8, 4) is 0 Å². The van der Waals surface area contributed by atoms with E-state index in [2.05, 4.69) is 6.92 Å². The number of amides is 2. The summed E-state index contributed by atoms with van der Waals surface area (Å²) in [5.41, 5.74) is 0.705. The van der Waals surface area contributed by atoms with E-state index >= 15 is 0 Å². The van der Waals surface area contributed by atoms with Gasteiger partial charge in [0.2, 0.25) is 5.91 Å². The largest absolute Gasteiger partial charge is 0.467 e. The summed E-state index contributed by atoms with van der Waals surface area (Å²) in [6.45, 7) is 2.97. The Kier molecular flexibility index (Phi) is 7.11. The average Bonchev–Trinajstić information content (AvgIpc) is 3.22. The van der Waals surface area contributed by atoms with E-state index in [9.17, 15) is 14.0 Å². The van der Waals surface area contributed by atoms with Gasteiger partial charge in [-0.05, 0) is 60.4 Å². The zero-order valence-electron chi connectivity index (χ0n) is 19.7. The van der Waals surface area contributed by atoms with Crippen LogP contribution in [-0.4, -0.2) is 32.5 Å². The molecular weight excluding hydrogens is 499 g/mol. The monoisotopic (exact) mass is 524 g/mol. The molecule has 2 aromatic heterocycles. The Hall–Kier alpha value is -3.17. The van der Waals surface area contributed by atoms with Crippen molar-refractivity contribution in [2.24, 2.45) is 5.92 Å². The molecule has 0 spiro atoms. The second-order valence-electron chi connectivity index (χ2n) is 9.09. The summed E-state index contributed by atoms with van der Waals surface area (Å²) in [4.78, 5) is 29.8. The van der Waals surface area contributed by atoms with Crippen LogP contribution in [0.4, 0.5) is 4.39 Å². The van der Waals surface area contributed by atoms with Crippen molar-refractivity contribution in [1.82, 2.24) is 9.80 Å². The van der Waals surface area contributed by atoms with Crippen molar-refractivity contribution >= 4 is 46.2 Å². The Bertz CT molecular complexity index is 1300. The van der Waals surface area contributed by atoms with Gasteiger partial charge in [-0.3, -0.25) is 14.5 Å². The third-order valence-corrected chi connectivity index (χ3v) is 7.75. The van der Waals surface area contributed by atoms with Gasteiger partial charge in [0.15, 0.2) is 0 Å². The Morgan fingerprint density at radius 1 is 1.19 bits per heavy atom. The summed E-state index contributed by atoms with van der Waals surface area (Å²) >= 11 is 6.58. The van der Waals surface area contributed by atoms with E-state index < -0.39 is 0 Å². The Balaban J connectivity index is 1.24. The van der Waals surface area contributed by atoms with E-state index in [0.29, 0.717) is 45.5 Å². The smallest absolute Gasteiger partial charge is 0.266 e. The molecule has 1 aliphatic carbocycles. The number of carbonyl (C=O) groups excluding carboxylic acids is 2. The zero-order valence-corrected chi connectivity index (χ0v) is 21.3. The minimum atomic E-state index is -0.342. The number of thioether (sulfide) groups is 1. The van der Waals surface area contributed by atoms with Gasteiger partial charge in [-0.25, -0.2) is 4.39 Å². The molecule has 1 aromatic carbocycles. The third-order valence-electron chi connectivity index (χ3n) is 6.37. The maximum atomic E-state index is 13.3. The van der Waals surface area contributed by atoms with Crippen molar-refractivity contribution in [3.63, 3.8) is 0 Å². The lowest BCUT2D eigenvalue weighted by molar-refractivity contribution is -0.133. The minimum Gasteiger partial charge on any atom is -0.467 e. The van der Waals surface area contributed by atoms with Crippen molar-refractivity contribution in [3.05, 3.63) is 88.4 Å². The van der Waals surface area contributed by atoms with E-state index in [1.807, 2.05) is 18.2 Å². The number of hydrogen-bond donors (Lipinski definition) is 0. The van der Waals surface area contributed by atoms with Crippen LogP contribution in [0.2, 0.25) is 0 Å². The van der Waals surface area contributed by atoms with Crippen LogP contribution < -0.4 is 0 Å². The lowest BCUT2D eigenvalue weighted by Crippen LogP contribution is -2.35. The van der Waals surface area contributed by atoms with Crippen LogP contribution in [0.1, 0.15) is 48.5 Å². The van der Waals surface area contributed by atoms with Crippen LogP contribution in [0.5, 0.6) is 0 Å². The van der Waals surface area contributed by atoms with E-state index in [4.69, 9.17) is 21.1 Å². The molecule has 0 radical (unpaired) electrons. The van der Waals surface area contributed by atoms with Crippen molar-refractivity contribution < 1.29 is 22.8 Å². The number of thiocarbonyl (C=S) groups is 1. The standard InChI is InChI=1S/C27H25FN2O4S2/c1-17-13-22(17)23-9-8-21(34-23)16-29(15-20-3-2-12-33-20)25(31)10-11-30-26(32)24(36-27(30)35)14-18-4-6-19(28)7-5-18/h2-9,12,14,17,22H,10-11,13,15-16H2,1H3/b24-14-. The number of benzene rings is 1. The summed E-state index contributed by atoms with van der Waals surface area (Å²) in [5, 5.41) is 0. The van der Waals surface area contributed by atoms with Gasteiger partial charge >= 0.3 is 0 Å². The predicted octanol–water partition coefficient (Wildman–Crippen LogP) is 5.96. The Morgan fingerprint density at radius 2 is 1.94 bits per heavy atom. The molecule has 0 N–H and O–H groups in total. The molecule has 1 saturated heterocycles. The predicted molar refractivity (Wildman–Crippen MR) is 139 cm³/mol. The van der Waals surface area contributed by atoms with Gasteiger partial charge in [0.25, 0.3) is 5.91 Å². The first-order chi connectivity index (χ1) is 17.4. The molecule has 9 heteroatoms. The second kappa shape index (κ2) is 10.4. The van der Waals surface area contributed by atoms with Crippen LogP contribution in [0.25, 0.3) is 6.08 Å². The molecule has 6 nitrogen and oxygen atoms in total. The molecule has 1 saturated carbocycles. The summed E-state index contributed by atoms with van der Waals surface area (Å²) in [6, 6.07) is 13.4. The van der Waals surface area contributed by atoms with Gasteiger partial charge in [-0.15, -0.1) is 0 Å². The quantitative estimate of drug-likeness (QED) is 0.254. The van der Waals surface area contributed by atoms with E-state index in [1.165, 1.54) is 28.8 Å². The zero-order chi connectivity index (χ0) is 25.2. The molecule has 5 rings (SSSR count). The van der Waals surface area contributed by atoms with Crippen LogP contribution in [0.15, 0.2) is 68.5 Å². The van der Waals surface area contributed by atoms with Gasteiger partial charge in [-0.1, -0.05) is 43.0 Å². The number of carbonyl (C=O) groups is 2.